The summed E-state index contributed by atoms with van der Waals surface area (Å²) < 4.78 is 7.14. The second-order valence-electron chi connectivity index (χ2n) is 8.18. The van der Waals surface area contributed by atoms with Crippen LogP contribution in [0.25, 0.3) is 17.1 Å². The monoisotopic (exact) mass is 520 g/mol. The Morgan fingerprint density at radius 3 is 2.39 bits per heavy atom. The summed E-state index contributed by atoms with van der Waals surface area (Å²) in [4.78, 5) is 21.4. The van der Waals surface area contributed by atoms with E-state index in [9.17, 15) is 4.79 Å². The largest absolute Gasteiger partial charge is 0.497 e. The predicted molar refractivity (Wildman–Crippen MR) is 142 cm³/mol. The molecule has 0 unspecified atom stereocenters. The Kier molecular flexibility index (Phi) is 7.39. The summed E-state index contributed by atoms with van der Waals surface area (Å²) in [6.45, 7) is 2.91. The Hall–Kier alpha value is -3.56. The van der Waals surface area contributed by atoms with E-state index in [1.54, 1.807) is 19.5 Å². The third kappa shape index (κ3) is 5.17. The van der Waals surface area contributed by atoms with E-state index in [1.165, 1.54) is 11.8 Å². The smallest absolute Gasteiger partial charge is 0.233 e. The van der Waals surface area contributed by atoms with Gasteiger partial charge in [-0.15, -0.1) is 10.2 Å². The van der Waals surface area contributed by atoms with E-state index in [-0.39, 0.29) is 11.7 Å². The SMILES string of the molecule is COc1ccc(N2CCN(C(=O)CSc3nnc(-c4ccncc4)n3-c3ccccc3Cl)CC2)cc1. The highest BCUT2D eigenvalue weighted by molar-refractivity contribution is 7.99. The first-order valence-corrected chi connectivity index (χ1v) is 12.9. The third-order valence-corrected chi connectivity index (χ3v) is 7.29. The third-order valence-electron chi connectivity index (χ3n) is 6.06. The van der Waals surface area contributed by atoms with Crippen molar-refractivity contribution in [2.75, 3.05) is 43.9 Å². The van der Waals surface area contributed by atoms with E-state index in [0.717, 1.165) is 35.8 Å². The highest BCUT2D eigenvalue weighted by atomic mass is 35.5. The van der Waals surface area contributed by atoms with Crippen LogP contribution in [-0.4, -0.2) is 69.6 Å². The molecule has 1 amide bonds. The van der Waals surface area contributed by atoms with E-state index in [4.69, 9.17) is 16.3 Å². The molecule has 2 aromatic carbocycles. The zero-order chi connectivity index (χ0) is 24.9. The van der Waals surface area contributed by atoms with Gasteiger partial charge in [0.05, 0.1) is 23.6 Å². The fourth-order valence-corrected chi connectivity index (χ4v) is 5.19. The number of hydrogen-bond donors (Lipinski definition) is 0. The molecule has 5 rings (SSSR count). The summed E-state index contributed by atoms with van der Waals surface area (Å²) in [5.41, 5.74) is 2.76. The Balaban J connectivity index is 1.27. The number of carbonyl (C=O) groups is 1. The highest BCUT2D eigenvalue weighted by Gasteiger charge is 2.23. The van der Waals surface area contributed by atoms with Crippen LogP contribution in [0.2, 0.25) is 5.02 Å². The molecule has 1 aliphatic heterocycles. The average Bonchev–Trinajstić information content (AvgIpc) is 3.36. The molecule has 1 fully saturated rings. The first-order chi connectivity index (χ1) is 17.6. The number of thioether (sulfide) groups is 1. The normalized spacial score (nSPS) is 13.6. The summed E-state index contributed by atoms with van der Waals surface area (Å²) in [6, 6.07) is 19.3. The standard InChI is InChI=1S/C26H25ClN6O2S/c1-35-21-8-6-20(7-9-21)31-14-16-32(17-15-31)24(34)18-36-26-30-29-25(19-10-12-28-13-11-19)33(26)23-5-3-2-4-22(23)27/h2-13H,14-18H2,1H3. The minimum atomic E-state index is 0.0774. The van der Waals surface area contributed by atoms with Crippen LogP contribution in [0, 0.1) is 0 Å². The number of rotatable bonds is 7. The maximum Gasteiger partial charge on any atom is 0.233 e. The minimum absolute atomic E-state index is 0.0774. The van der Waals surface area contributed by atoms with Crippen molar-refractivity contribution in [3.63, 3.8) is 0 Å². The molecule has 0 radical (unpaired) electrons. The molecule has 1 saturated heterocycles. The summed E-state index contributed by atoms with van der Waals surface area (Å²) in [6.07, 6.45) is 3.42. The van der Waals surface area contributed by atoms with Crippen LogP contribution in [0.1, 0.15) is 0 Å². The summed E-state index contributed by atoms with van der Waals surface area (Å²) in [5.74, 6) is 1.82. The molecule has 0 spiro atoms. The van der Waals surface area contributed by atoms with Gasteiger partial charge in [0.2, 0.25) is 5.91 Å². The van der Waals surface area contributed by atoms with E-state index in [0.29, 0.717) is 29.1 Å². The van der Waals surface area contributed by atoms with Gasteiger partial charge in [0.1, 0.15) is 5.75 Å². The molecule has 8 nitrogen and oxygen atoms in total. The summed E-state index contributed by atoms with van der Waals surface area (Å²) in [7, 11) is 1.66. The minimum Gasteiger partial charge on any atom is -0.497 e. The number of benzene rings is 2. The average molecular weight is 521 g/mol. The zero-order valence-corrected chi connectivity index (χ0v) is 21.3. The van der Waals surface area contributed by atoms with Crippen LogP contribution in [0.15, 0.2) is 78.2 Å². The first kappa shape index (κ1) is 24.1. The van der Waals surface area contributed by atoms with E-state index >= 15 is 0 Å². The summed E-state index contributed by atoms with van der Waals surface area (Å²) >= 11 is 7.89. The molecule has 0 saturated carbocycles. The van der Waals surface area contributed by atoms with Gasteiger partial charge >= 0.3 is 0 Å². The van der Waals surface area contributed by atoms with Crippen LogP contribution in [-0.2, 0) is 4.79 Å². The second kappa shape index (κ2) is 11.0. The van der Waals surface area contributed by atoms with Gasteiger partial charge in [0.15, 0.2) is 11.0 Å². The van der Waals surface area contributed by atoms with Crippen LogP contribution in [0.3, 0.4) is 0 Å². The lowest BCUT2D eigenvalue weighted by Crippen LogP contribution is -2.49. The molecule has 184 valence electrons. The van der Waals surface area contributed by atoms with Gasteiger partial charge in [-0.05, 0) is 48.5 Å². The quantitative estimate of drug-likeness (QED) is 0.333. The van der Waals surface area contributed by atoms with E-state index in [2.05, 4.69) is 20.1 Å². The molecule has 0 bridgehead atoms. The van der Waals surface area contributed by atoms with Crippen LogP contribution in [0.5, 0.6) is 5.75 Å². The number of methoxy groups -OCH3 is 1. The molecule has 36 heavy (non-hydrogen) atoms. The molecule has 4 aromatic rings. The van der Waals surface area contributed by atoms with Crippen LogP contribution in [0.4, 0.5) is 5.69 Å². The molecule has 1 aliphatic rings. The molecule has 10 heteroatoms. The van der Waals surface area contributed by atoms with E-state index in [1.807, 2.05) is 70.1 Å². The van der Waals surface area contributed by atoms with Gasteiger partial charge in [0, 0.05) is 49.8 Å². The van der Waals surface area contributed by atoms with Crippen molar-refractivity contribution < 1.29 is 9.53 Å². The zero-order valence-electron chi connectivity index (χ0n) is 19.7. The number of para-hydroxylation sites is 1. The fraction of sp³-hybridized carbons (Fsp3) is 0.231. The van der Waals surface area contributed by atoms with Crippen molar-refractivity contribution in [3.05, 3.63) is 78.1 Å². The predicted octanol–water partition coefficient (Wildman–Crippen LogP) is 4.43. The number of halogens is 1. The highest BCUT2D eigenvalue weighted by Crippen LogP contribution is 2.31. The molecule has 3 heterocycles. The van der Waals surface area contributed by atoms with Crippen molar-refractivity contribution in [2.24, 2.45) is 0 Å². The lowest BCUT2D eigenvalue weighted by Gasteiger charge is -2.36. The Morgan fingerprint density at radius 1 is 0.972 bits per heavy atom. The van der Waals surface area contributed by atoms with E-state index < -0.39 is 0 Å². The van der Waals surface area contributed by atoms with Gasteiger partial charge in [-0.25, -0.2) is 0 Å². The number of ether oxygens (including phenoxy) is 1. The summed E-state index contributed by atoms with van der Waals surface area (Å²) in [5, 5.41) is 10.0. The van der Waals surface area contributed by atoms with Crippen LogP contribution < -0.4 is 9.64 Å². The van der Waals surface area contributed by atoms with Gasteiger partial charge in [-0.3, -0.25) is 14.3 Å². The number of pyridine rings is 1. The number of hydrogen-bond acceptors (Lipinski definition) is 7. The maximum absolute atomic E-state index is 13.1. The molecular weight excluding hydrogens is 496 g/mol. The van der Waals surface area contributed by atoms with Crippen LogP contribution >= 0.6 is 23.4 Å². The van der Waals surface area contributed by atoms with Crippen molar-refractivity contribution in [1.29, 1.82) is 0 Å². The number of aromatic nitrogens is 4. The molecule has 0 atom stereocenters. The molecule has 0 N–H and O–H groups in total. The van der Waals surface area contributed by atoms with Crippen molar-refractivity contribution in [3.8, 4) is 22.8 Å². The Labute approximate surface area is 218 Å². The molecule has 0 aliphatic carbocycles. The van der Waals surface area contributed by atoms with Gasteiger partial charge in [-0.2, -0.15) is 0 Å². The maximum atomic E-state index is 13.1. The second-order valence-corrected chi connectivity index (χ2v) is 9.53. The number of anilines is 1. The number of amides is 1. The fourth-order valence-electron chi connectivity index (χ4n) is 4.13. The van der Waals surface area contributed by atoms with Gasteiger partial charge < -0.3 is 14.5 Å². The van der Waals surface area contributed by atoms with Crippen molar-refractivity contribution in [2.45, 2.75) is 5.16 Å². The lowest BCUT2D eigenvalue weighted by atomic mass is 10.2. The number of carbonyl (C=O) groups excluding carboxylic acids is 1. The Morgan fingerprint density at radius 2 is 1.69 bits per heavy atom. The Bertz CT molecular complexity index is 1320. The van der Waals surface area contributed by atoms with Gasteiger partial charge in [0.25, 0.3) is 0 Å². The van der Waals surface area contributed by atoms with Gasteiger partial charge in [-0.1, -0.05) is 35.5 Å². The van der Waals surface area contributed by atoms with Crippen molar-refractivity contribution in [1.82, 2.24) is 24.6 Å². The number of nitrogens with zero attached hydrogens (tertiary/aromatic N) is 6. The molecule has 2 aromatic heterocycles. The molecular formula is C26H25ClN6O2S. The lowest BCUT2D eigenvalue weighted by molar-refractivity contribution is -0.128. The van der Waals surface area contributed by atoms with Crippen molar-refractivity contribution >= 4 is 35.0 Å². The number of piperazine rings is 1. The topological polar surface area (TPSA) is 76.4 Å². The first-order valence-electron chi connectivity index (χ1n) is 11.5.